The van der Waals surface area contributed by atoms with Gasteiger partial charge in [0.25, 0.3) is 0 Å². The molecule has 0 atom stereocenters. The van der Waals surface area contributed by atoms with Crippen LogP contribution in [0.15, 0.2) is 0 Å². The van der Waals surface area contributed by atoms with Gasteiger partial charge in [-0.15, -0.1) is 0 Å². The summed E-state index contributed by atoms with van der Waals surface area (Å²) in [6, 6.07) is -0.651. The van der Waals surface area contributed by atoms with E-state index >= 15 is 0 Å². The summed E-state index contributed by atoms with van der Waals surface area (Å²) in [5, 5.41) is 15.6. The minimum atomic E-state index is -0.908. The smallest absolute Gasteiger partial charge is 0.321 e. The standard InChI is InChI=1S/C13H23N3O5/c1-2-8-14-10(17)7-9-15-13(21)16-11(18)5-3-4-6-12(19)20/h2-9H2,1H3,(H,14,17)(H,19,20)(H2,15,16,18,21). The number of carboxylic acid groups (broad SMARTS) is 1. The summed E-state index contributed by atoms with van der Waals surface area (Å²) in [6.07, 6.45) is 1.90. The van der Waals surface area contributed by atoms with Crippen molar-refractivity contribution in [2.75, 3.05) is 13.1 Å². The number of hydrogen-bond donors (Lipinski definition) is 4. The van der Waals surface area contributed by atoms with Gasteiger partial charge in [0.2, 0.25) is 11.8 Å². The van der Waals surface area contributed by atoms with Gasteiger partial charge in [-0.25, -0.2) is 4.79 Å². The van der Waals surface area contributed by atoms with Crippen LogP contribution in [0.3, 0.4) is 0 Å². The van der Waals surface area contributed by atoms with E-state index < -0.39 is 17.9 Å². The van der Waals surface area contributed by atoms with Crippen LogP contribution in [0.4, 0.5) is 4.79 Å². The molecule has 8 nitrogen and oxygen atoms in total. The second-order valence-electron chi connectivity index (χ2n) is 4.50. The molecular weight excluding hydrogens is 278 g/mol. The highest BCUT2D eigenvalue weighted by Crippen LogP contribution is 1.99. The molecule has 0 radical (unpaired) electrons. The van der Waals surface area contributed by atoms with Crippen molar-refractivity contribution in [1.29, 1.82) is 0 Å². The number of amides is 4. The summed E-state index contributed by atoms with van der Waals surface area (Å²) in [7, 11) is 0. The third-order valence-electron chi connectivity index (χ3n) is 2.51. The van der Waals surface area contributed by atoms with Crippen LogP contribution in [0.2, 0.25) is 0 Å². The van der Waals surface area contributed by atoms with Crippen molar-refractivity contribution in [2.45, 2.75) is 45.4 Å². The number of urea groups is 1. The van der Waals surface area contributed by atoms with E-state index in [9.17, 15) is 19.2 Å². The molecule has 0 aromatic carbocycles. The Morgan fingerprint density at radius 2 is 1.52 bits per heavy atom. The zero-order chi connectivity index (χ0) is 16.1. The lowest BCUT2D eigenvalue weighted by Crippen LogP contribution is -2.40. The molecular formula is C13H23N3O5. The van der Waals surface area contributed by atoms with E-state index in [0.29, 0.717) is 19.4 Å². The summed E-state index contributed by atoms with van der Waals surface area (Å²) < 4.78 is 0. The monoisotopic (exact) mass is 301 g/mol. The summed E-state index contributed by atoms with van der Waals surface area (Å²) in [6.45, 7) is 2.68. The quantitative estimate of drug-likeness (QED) is 0.434. The van der Waals surface area contributed by atoms with E-state index in [1.165, 1.54) is 0 Å². The number of imide groups is 1. The molecule has 21 heavy (non-hydrogen) atoms. The molecule has 8 heteroatoms. The maximum atomic E-state index is 11.3. The summed E-state index contributed by atoms with van der Waals surface area (Å²) in [5.74, 6) is -1.53. The Morgan fingerprint density at radius 3 is 2.14 bits per heavy atom. The molecule has 0 spiro atoms. The highest BCUT2D eigenvalue weighted by Gasteiger charge is 2.08. The fraction of sp³-hybridized carbons (Fsp3) is 0.692. The van der Waals surface area contributed by atoms with E-state index in [2.05, 4.69) is 16.0 Å². The van der Waals surface area contributed by atoms with Crippen LogP contribution in [0.25, 0.3) is 0 Å². The van der Waals surface area contributed by atoms with E-state index in [1.807, 2.05) is 6.92 Å². The Hall–Kier alpha value is -2.12. The van der Waals surface area contributed by atoms with Crippen molar-refractivity contribution in [3.05, 3.63) is 0 Å². The number of carbonyl (C=O) groups is 4. The number of aliphatic carboxylic acids is 1. The third kappa shape index (κ3) is 12.6. The second kappa shape index (κ2) is 11.7. The number of unbranched alkanes of at least 4 members (excludes halogenated alkanes) is 1. The predicted octanol–water partition coefficient (Wildman–Crippen LogP) is 0.374. The van der Waals surface area contributed by atoms with Crippen molar-refractivity contribution in [2.24, 2.45) is 0 Å². The summed E-state index contributed by atoms with van der Waals surface area (Å²) in [4.78, 5) is 44.2. The fourth-order valence-corrected chi connectivity index (χ4v) is 1.44. The first kappa shape index (κ1) is 18.9. The van der Waals surface area contributed by atoms with Crippen LogP contribution < -0.4 is 16.0 Å². The molecule has 0 fully saturated rings. The fourth-order valence-electron chi connectivity index (χ4n) is 1.44. The molecule has 0 rings (SSSR count). The van der Waals surface area contributed by atoms with Crippen LogP contribution >= 0.6 is 0 Å². The molecule has 0 unspecified atom stereocenters. The maximum absolute atomic E-state index is 11.3. The maximum Gasteiger partial charge on any atom is 0.321 e. The molecule has 0 bridgehead atoms. The Kier molecular flexibility index (Phi) is 10.5. The Morgan fingerprint density at radius 1 is 0.857 bits per heavy atom. The van der Waals surface area contributed by atoms with Gasteiger partial charge in [-0.1, -0.05) is 6.92 Å². The van der Waals surface area contributed by atoms with Crippen LogP contribution in [0, 0.1) is 0 Å². The highest BCUT2D eigenvalue weighted by molar-refractivity contribution is 5.94. The van der Waals surface area contributed by atoms with E-state index in [1.54, 1.807) is 0 Å². The zero-order valence-corrected chi connectivity index (χ0v) is 12.2. The van der Waals surface area contributed by atoms with Crippen LogP contribution in [-0.4, -0.2) is 42.0 Å². The molecule has 0 aromatic rings. The van der Waals surface area contributed by atoms with Gasteiger partial charge in [0.05, 0.1) is 0 Å². The summed E-state index contributed by atoms with van der Waals surface area (Å²) in [5.41, 5.74) is 0. The lowest BCUT2D eigenvalue weighted by Gasteiger charge is -2.07. The van der Waals surface area contributed by atoms with Gasteiger partial charge in [0.15, 0.2) is 0 Å². The Labute approximate surface area is 123 Å². The average molecular weight is 301 g/mol. The normalized spacial score (nSPS) is 9.76. The van der Waals surface area contributed by atoms with Gasteiger partial charge in [-0.3, -0.25) is 19.7 Å². The average Bonchev–Trinajstić information content (AvgIpc) is 2.41. The molecule has 0 saturated heterocycles. The molecule has 0 aliphatic rings. The van der Waals surface area contributed by atoms with Crippen molar-refractivity contribution >= 4 is 23.8 Å². The molecule has 0 aliphatic carbocycles. The zero-order valence-electron chi connectivity index (χ0n) is 12.2. The van der Waals surface area contributed by atoms with Gasteiger partial charge >= 0.3 is 12.0 Å². The molecule has 0 aromatic heterocycles. The number of rotatable bonds is 10. The van der Waals surface area contributed by atoms with Gasteiger partial charge < -0.3 is 15.7 Å². The van der Waals surface area contributed by atoms with Crippen molar-refractivity contribution < 1.29 is 24.3 Å². The predicted molar refractivity (Wildman–Crippen MR) is 75.6 cm³/mol. The molecule has 0 saturated carbocycles. The molecule has 0 heterocycles. The second-order valence-corrected chi connectivity index (χ2v) is 4.50. The van der Waals surface area contributed by atoms with Gasteiger partial charge in [-0.05, 0) is 19.3 Å². The lowest BCUT2D eigenvalue weighted by atomic mass is 10.2. The first-order valence-electron chi connectivity index (χ1n) is 7.01. The summed E-state index contributed by atoms with van der Waals surface area (Å²) >= 11 is 0. The number of hydrogen-bond acceptors (Lipinski definition) is 4. The topological polar surface area (TPSA) is 125 Å². The third-order valence-corrected chi connectivity index (χ3v) is 2.51. The van der Waals surface area contributed by atoms with Crippen LogP contribution in [0.5, 0.6) is 0 Å². The molecule has 0 aliphatic heterocycles. The SMILES string of the molecule is CCCNC(=O)CCNC(=O)NC(=O)CCCCC(=O)O. The number of carbonyl (C=O) groups excluding carboxylic acids is 3. The van der Waals surface area contributed by atoms with E-state index in [0.717, 1.165) is 6.42 Å². The van der Waals surface area contributed by atoms with E-state index in [-0.39, 0.29) is 31.7 Å². The van der Waals surface area contributed by atoms with Gasteiger partial charge in [-0.2, -0.15) is 0 Å². The first-order valence-corrected chi connectivity index (χ1v) is 7.01. The van der Waals surface area contributed by atoms with Crippen molar-refractivity contribution in [1.82, 2.24) is 16.0 Å². The number of carboxylic acids is 1. The highest BCUT2D eigenvalue weighted by atomic mass is 16.4. The Balaban J connectivity index is 3.62. The number of nitrogens with one attached hydrogen (secondary N) is 3. The Bertz CT molecular complexity index is 371. The first-order chi connectivity index (χ1) is 9.95. The minimum absolute atomic E-state index is 0.00630. The van der Waals surface area contributed by atoms with Crippen LogP contribution in [-0.2, 0) is 14.4 Å². The van der Waals surface area contributed by atoms with Gasteiger partial charge in [0.1, 0.15) is 0 Å². The lowest BCUT2D eigenvalue weighted by molar-refractivity contribution is -0.137. The van der Waals surface area contributed by atoms with Gasteiger partial charge in [0, 0.05) is 32.4 Å². The van der Waals surface area contributed by atoms with Crippen molar-refractivity contribution in [3.8, 4) is 0 Å². The van der Waals surface area contributed by atoms with E-state index in [4.69, 9.17) is 5.11 Å². The largest absolute Gasteiger partial charge is 0.481 e. The van der Waals surface area contributed by atoms with Crippen LogP contribution in [0.1, 0.15) is 45.4 Å². The van der Waals surface area contributed by atoms with Crippen molar-refractivity contribution in [3.63, 3.8) is 0 Å². The molecule has 4 amide bonds. The molecule has 4 N–H and O–H groups in total. The molecule has 120 valence electrons. The minimum Gasteiger partial charge on any atom is -0.481 e.